The Morgan fingerprint density at radius 1 is 1.29 bits per heavy atom. The third-order valence-corrected chi connectivity index (χ3v) is 5.46. The lowest BCUT2D eigenvalue weighted by Gasteiger charge is -2.16. The molecule has 0 spiro atoms. The second-order valence-electron chi connectivity index (χ2n) is 6.67. The lowest BCUT2D eigenvalue weighted by atomic mass is 10.2. The number of aryl methyl sites for hydroxylation is 1. The van der Waals surface area contributed by atoms with E-state index in [0.29, 0.717) is 18.2 Å². The summed E-state index contributed by atoms with van der Waals surface area (Å²) in [7, 11) is 0. The second-order valence-corrected chi connectivity index (χ2v) is 7.45. The first-order valence-electron chi connectivity index (χ1n) is 9.39. The number of alkyl halides is 2. The van der Waals surface area contributed by atoms with Crippen LogP contribution in [-0.2, 0) is 6.42 Å². The maximum atomic E-state index is 12.2. The Kier molecular flexibility index (Phi) is 7.24. The first kappa shape index (κ1) is 20.6. The van der Waals surface area contributed by atoms with Crippen LogP contribution in [0.25, 0.3) is 0 Å². The Morgan fingerprint density at radius 2 is 2.00 bits per heavy atom. The van der Waals surface area contributed by atoms with Crippen molar-refractivity contribution in [3.05, 3.63) is 35.7 Å². The van der Waals surface area contributed by atoms with E-state index in [-0.39, 0.29) is 11.7 Å². The van der Waals surface area contributed by atoms with E-state index in [4.69, 9.17) is 0 Å². The second kappa shape index (κ2) is 9.86. The predicted molar refractivity (Wildman–Crippen MR) is 103 cm³/mol. The molecule has 1 aliphatic carbocycles. The fraction of sp³-hybridized carbons (Fsp3) is 0.526. The third-order valence-electron chi connectivity index (χ3n) is 4.81. The van der Waals surface area contributed by atoms with Crippen molar-refractivity contribution in [2.75, 3.05) is 12.8 Å². The summed E-state index contributed by atoms with van der Waals surface area (Å²) in [6, 6.07) is 6.13. The number of carbonyl (C=O) groups is 1. The van der Waals surface area contributed by atoms with E-state index in [9.17, 15) is 13.6 Å². The van der Waals surface area contributed by atoms with E-state index in [1.807, 2.05) is 6.26 Å². The largest absolute Gasteiger partial charge is 0.435 e. The van der Waals surface area contributed by atoms with E-state index >= 15 is 0 Å². The molecule has 28 heavy (non-hydrogen) atoms. The SMILES string of the molecule is CSc1nnc(CCCNC(=O)c2ccc(OC(F)F)cc2)n1C1CCCC1. The maximum Gasteiger partial charge on any atom is 0.387 e. The maximum absolute atomic E-state index is 12.2. The molecule has 1 N–H and O–H groups in total. The molecule has 3 rings (SSSR count). The molecule has 1 saturated carbocycles. The number of hydrogen-bond donors (Lipinski definition) is 1. The zero-order valence-electron chi connectivity index (χ0n) is 15.7. The topological polar surface area (TPSA) is 69.0 Å². The number of nitrogens with one attached hydrogen (secondary N) is 1. The summed E-state index contributed by atoms with van der Waals surface area (Å²) in [4.78, 5) is 12.2. The summed E-state index contributed by atoms with van der Waals surface area (Å²) in [5.41, 5.74) is 0.403. The van der Waals surface area contributed by atoms with Crippen LogP contribution in [0.1, 0.15) is 54.3 Å². The van der Waals surface area contributed by atoms with Crippen LogP contribution in [0.5, 0.6) is 5.75 Å². The molecule has 152 valence electrons. The molecule has 0 unspecified atom stereocenters. The van der Waals surface area contributed by atoms with E-state index in [1.165, 1.54) is 49.9 Å². The van der Waals surface area contributed by atoms with Crippen molar-refractivity contribution in [2.45, 2.75) is 56.3 Å². The smallest absolute Gasteiger partial charge is 0.387 e. The van der Waals surface area contributed by atoms with Crippen molar-refractivity contribution in [1.29, 1.82) is 0 Å². The van der Waals surface area contributed by atoms with Crippen molar-refractivity contribution in [3.63, 3.8) is 0 Å². The average Bonchev–Trinajstić information content (AvgIpc) is 3.34. The van der Waals surface area contributed by atoms with Crippen LogP contribution >= 0.6 is 11.8 Å². The van der Waals surface area contributed by atoms with Gasteiger partial charge in [0.25, 0.3) is 5.91 Å². The van der Waals surface area contributed by atoms with Crippen LogP contribution in [-0.4, -0.2) is 40.1 Å². The first-order valence-corrected chi connectivity index (χ1v) is 10.6. The number of thioether (sulfide) groups is 1. The van der Waals surface area contributed by atoms with Gasteiger partial charge in [0.15, 0.2) is 5.16 Å². The number of aromatic nitrogens is 3. The molecule has 0 bridgehead atoms. The van der Waals surface area contributed by atoms with Crippen molar-refractivity contribution in [1.82, 2.24) is 20.1 Å². The predicted octanol–water partition coefficient (Wildman–Crippen LogP) is 4.08. The van der Waals surface area contributed by atoms with Crippen molar-refractivity contribution >= 4 is 17.7 Å². The van der Waals surface area contributed by atoms with E-state index < -0.39 is 6.61 Å². The minimum Gasteiger partial charge on any atom is -0.435 e. The minimum absolute atomic E-state index is 0.0300. The zero-order valence-corrected chi connectivity index (χ0v) is 16.6. The number of benzene rings is 1. The number of nitrogens with zero attached hydrogens (tertiary/aromatic N) is 3. The van der Waals surface area contributed by atoms with Crippen LogP contribution < -0.4 is 10.1 Å². The summed E-state index contributed by atoms with van der Waals surface area (Å²) in [5.74, 6) is 0.757. The highest BCUT2D eigenvalue weighted by Gasteiger charge is 2.23. The fourth-order valence-electron chi connectivity index (χ4n) is 3.48. The summed E-state index contributed by atoms with van der Waals surface area (Å²) in [6.07, 6.45) is 8.32. The standard InChI is InChI=1S/C19H24F2N4O2S/c1-28-19-24-23-16(25(19)14-5-2-3-6-14)7-4-12-22-17(26)13-8-10-15(11-9-13)27-18(20)21/h8-11,14,18H,2-7,12H2,1H3,(H,22,26). The molecular weight excluding hydrogens is 386 g/mol. The number of rotatable bonds is 9. The number of ether oxygens (including phenoxy) is 1. The first-order chi connectivity index (χ1) is 13.6. The van der Waals surface area contributed by atoms with E-state index in [1.54, 1.807) is 11.8 Å². The van der Waals surface area contributed by atoms with Gasteiger partial charge in [0.1, 0.15) is 11.6 Å². The normalized spacial score (nSPS) is 14.6. The Bertz CT molecular complexity index is 777. The quantitative estimate of drug-likeness (QED) is 0.498. The minimum atomic E-state index is -2.88. The van der Waals surface area contributed by atoms with E-state index in [2.05, 4.69) is 24.8 Å². The molecule has 1 heterocycles. The van der Waals surface area contributed by atoms with Crippen molar-refractivity contribution in [3.8, 4) is 5.75 Å². The molecule has 1 fully saturated rings. The Morgan fingerprint density at radius 3 is 2.64 bits per heavy atom. The van der Waals surface area contributed by atoms with Gasteiger partial charge in [-0.3, -0.25) is 4.79 Å². The van der Waals surface area contributed by atoms with Crippen LogP contribution in [0, 0.1) is 0 Å². The number of amides is 1. The Hall–Kier alpha value is -2.16. The van der Waals surface area contributed by atoms with Gasteiger partial charge in [-0.05, 0) is 49.8 Å². The van der Waals surface area contributed by atoms with Gasteiger partial charge in [0, 0.05) is 24.6 Å². The number of carbonyl (C=O) groups excluding carboxylic acids is 1. The summed E-state index contributed by atoms with van der Waals surface area (Å²) in [5, 5.41) is 12.4. The molecular formula is C19H24F2N4O2S. The molecule has 6 nitrogen and oxygen atoms in total. The molecule has 0 aliphatic heterocycles. The van der Waals surface area contributed by atoms with Gasteiger partial charge in [0.2, 0.25) is 0 Å². The molecule has 2 aromatic rings. The number of hydrogen-bond acceptors (Lipinski definition) is 5. The molecule has 1 amide bonds. The monoisotopic (exact) mass is 410 g/mol. The molecule has 0 atom stereocenters. The van der Waals surface area contributed by atoms with E-state index in [0.717, 1.165) is 23.8 Å². The zero-order chi connectivity index (χ0) is 19.9. The lowest BCUT2D eigenvalue weighted by Crippen LogP contribution is -2.25. The van der Waals surface area contributed by atoms with Gasteiger partial charge in [-0.15, -0.1) is 10.2 Å². The van der Waals surface area contributed by atoms with Gasteiger partial charge in [-0.2, -0.15) is 8.78 Å². The molecule has 1 aromatic carbocycles. The van der Waals surface area contributed by atoms with Gasteiger partial charge >= 0.3 is 6.61 Å². The van der Waals surface area contributed by atoms with Crippen molar-refractivity contribution in [2.24, 2.45) is 0 Å². The average molecular weight is 410 g/mol. The number of halogens is 2. The van der Waals surface area contributed by atoms with Gasteiger partial charge in [0.05, 0.1) is 0 Å². The highest BCUT2D eigenvalue weighted by molar-refractivity contribution is 7.98. The Balaban J connectivity index is 1.49. The highest BCUT2D eigenvalue weighted by Crippen LogP contribution is 2.33. The van der Waals surface area contributed by atoms with Gasteiger partial charge in [-0.1, -0.05) is 24.6 Å². The summed E-state index contributed by atoms with van der Waals surface area (Å²) in [6.45, 7) is -2.38. The summed E-state index contributed by atoms with van der Waals surface area (Å²) < 4.78 is 30.9. The molecule has 1 aliphatic rings. The lowest BCUT2D eigenvalue weighted by molar-refractivity contribution is -0.0498. The van der Waals surface area contributed by atoms with Crippen LogP contribution in [0.15, 0.2) is 29.4 Å². The van der Waals surface area contributed by atoms with Gasteiger partial charge < -0.3 is 14.6 Å². The van der Waals surface area contributed by atoms with Crippen LogP contribution in [0.4, 0.5) is 8.78 Å². The van der Waals surface area contributed by atoms with Crippen LogP contribution in [0.2, 0.25) is 0 Å². The molecule has 0 saturated heterocycles. The Labute approximate surface area is 167 Å². The van der Waals surface area contributed by atoms with Crippen LogP contribution in [0.3, 0.4) is 0 Å². The highest BCUT2D eigenvalue weighted by atomic mass is 32.2. The van der Waals surface area contributed by atoms with Gasteiger partial charge in [-0.25, -0.2) is 0 Å². The molecule has 1 aromatic heterocycles. The third kappa shape index (κ3) is 5.21. The summed E-state index contributed by atoms with van der Waals surface area (Å²) >= 11 is 1.61. The fourth-order valence-corrected chi connectivity index (χ4v) is 4.06. The molecule has 0 radical (unpaired) electrons. The van der Waals surface area contributed by atoms with Crippen molar-refractivity contribution < 1.29 is 18.3 Å². The molecule has 9 heteroatoms.